The fourth-order valence-electron chi connectivity index (χ4n) is 3.01. The van der Waals surface area contributed by atoms with E-state index in [-0.39, 0.29) is 27.9 Å². The van der Waals surface area contributed by atoms with Gasteiger partial charge in [0.15, 0.2) is 0 Å². The number of aromatic nitrogens is 1. The molecule has 0 fully saturated rings. The molecule has 0 atom stereocenters. The molecular formula is C19H15Cl2NO4. The lowest BCUT2D eigenvalue weighted by molar-refractivity contribution is -0.136. The number of aliphatic carboxylic acids is 1. The summed E-state index contributed by atoms with van der Waals surface area (Å²) in [6, 6.07) is 10.00. The summed E-state index contributed by atoms with van der Waals surface area (Å²) in [7, 11) is 1.53. The number of benzene rings is 2. The van der Waals surface area contributed by atoms with Crippen LogP contribution < -0.4 is 4.74 Å². The van der Waals surface area contributed by atoms with Crippen molar-refractivity contribution in [1.82, 2.24) is 4.57 Å². The molecule has 3 aromatic rings. The number of rotatable bonds is 4. The van der Waals surface area contributed by atoms with Crippen LogP contribution >= 0.6 is 23.2 Å². The number of fused-ring (bicyclic) bond motifs is 1. The van der Waals surface area contributed by atoms with E-state index in [2.05, 4.69) is 0 Å². The van der Waals surface area contributed by atoms with Gasteiger partial charge in [0.1, 0.15) is 5.75 Å². The normalized spacial score (nSPS) is 10.9. The first-order chi connectivity index (χ1) is 12.3. The summed E-state index contributed by atoms with van der Waals surface area (Å²) in [6.45, 7) is 1.71. The van der Waals surface area contributed by atoms with Gasteiger partial charge in [-0.2, -0.15) is 0 Å². The Labute approximate surface area is 159 Å². The second-order valence-corrected chi connectivity index (χ2v) is 6.54. The van der Waals surface area contributed by atoms with E-state index < -0.39 is 5.97 Å². The van der Waals surface area contributed by atoms with Crippen molar-refractivity contribution in [3.63, 3.8) is 0 Å². The van der Waals surface area contributed by atoms with Gasteiger partial charge in [0.25, 0.3) is 5.91 Å². The zero-order valence-corrected chi connectivity index (χ0v) is 15.6. The number of carbonyl (C=O) groups excluding carboxylic acids is 1. The number of hydrogen-bond acceptors (Lipinski definition) is 3. The zero-order valence-electron chi connectivity index (χ0n) is 14.0. The van der Waals surface area contributed by atoms with Gasteiger partial charge in [0, 0.05) is 11.1 Å². The fraction of sp³-hybridized carbons (Fsp3) is 0.158. The number of ether oxygens (including phenoxy) is 1. The Morgan fingerprint density at radius 3 is 2.58 bits per heavy atom. The van der Waals surface area contributed by atoms with Gasteiger partial charge in [-0.3, -0.25) is 14.2 Å². The van der Waals surface area contributed by atoms with Crippen LogP contribution in [0.3, 0.4) is 0 Å². The monoisotopic (exact) mass is 391 g/mol. The average Bonchev–Trinajstić information content (AvgIpc) is 2.87. The third-order valence-corrected chi connectivity index (χ3v) is 5.07. The van der Waals surface area contributed by atoms with E-state index in [0.717, 1.165) is 0 Å². The molecule has 134 valence electrons. The molecule has 2 aromatic carbocycles. The summed E-state index contributed by atoms with van der Waals surface area (Å²) >= 11 is 12.2. The second kappa shape index (κ2) is 7.02. The van der Waals surface area contributed by atoms with Gasteiger partial charge in [-0.1, -0.05) is 29.3 Å². The van der Waals surface area contributed by atoms with Crippen LogP contribution in [0.4, 0.5) is 0 Å². The van der Waals surface area contributed by atoms with Crippen LogP contribution in [0.25, 0.3) is 10.9 Å². The van der Waals surface area contributed by atoms with Gasteiger partial charge in [-0.25, -0.2) is 0 Å². The van der Waals surface area contributed by atoms with Crippen molar-refractivity contribution in [2.75, 3.05) is 7.11 Å². The molecule has 0 aliphatic carbocycles. The SMILES string of the molecule is COc1ccc2c(c1)c(CC(=O)O)c(C)n2C(=O)c1cccc(Cl)c1Cl. The number of carboxylic acids is 1. The number of methoxy groups -OCH3 is 1. The van der Waals surface area contributed by atoms with E-state index >= 15 is 0 Å². The van der Waals surface area contributed by atoms with Crippen molar-refractivity contribution in [1.29, 1.82) is 0 Å². The third kappa shape index (κ3) is 3.04. The van der Waals surface area contributed by atoms with Crippen molar-refractivity contribution < 1.29 is 19.4 Å². The second-order valence-electron chi connectivity index (χ2n) is 5.76. The highest BCUT2D eigenvalue weighted by Gasteiger charge is 2.23. The maximum Gasteiger partial charge on any atom is 0.307 e. The van der Waals surface area contributed by atoms with Gasteiger partial charge in [-0.15, -0.1) is 0 Å². The topological polar surface area (TPSA) is 68.5 Å². The number of carbonyl (C=O) groups is 2. The van der Waals surface area contributed by atoms with Gasteiger partial charge in [-0.05, 0) is 42.8 Å². The summed E-state index contributed by atoms with van der Waals surface area (Å²) in [5, 5.41) is 10.3. The molecule has 26 heavy (non-hydrogen) atoms. The Morgan fingerprint density at radius 1 is 1.19 bits per heavy atom. The summed E-state index contributed by atoms with van der Waals surface area (Å²) in [5.41, 5.74) is 1.92. The molecular weight excluding hydrogens is 377 g/mol. The average molecular weight is 392 g/mol. The molecule has 7 heteroatoms. The van der Waals surface area contributed by atoms with Crippen LogP contribution in [0.2, 0.25) is 10.0 Å². The van der Waals surface area contributed by atoms with E-state index in [1.165, 1.54) is 11.7 Å². The van der Waals surface area contributed by atoms with Gasteiger partial charge < -0.3 is 9.84 Å². The molecule has 1 N–H and O–H groups in total. The number of hydrogen-bond donors (Lipinski definition) is 1. The molecule has 0 spiro atoms. The quantitative estimate of drug-likeness (QED) is 0.706. The molecule has 1 heterocycles. The highest BCUT2D eigenvalue weighted by Crippen LogP contribution is 2.32. The van der Waals surface area contributed by atoms with Crippen LogP contribution in [-0.2, 0) is 11.2 Å². The number of nitrogens with zero attached hydrogens (tertiary/aromatic N) is 1. The minimum atomic E-state index is -0.983. The highest BCUT2D eigenvalue weighted by molar-refractivity contribution is 6.44. The standard InChI is InChI=1S/C19H15Cl2NO4/c1-10-13(9-17(23)24)14-8-11(26-2)6-7-16(14)22(10)19(25)12-4-3-5-15(20)18(12)21/h3-8H,9H2,1-2H3,(H,23,24). The highest BCUT2D eigenvalue weighted by atomic mass is 35.5. The van der Waals surface area contributed by atoms with Crippen LogP contribution in [0.1, 0.15) is 21.6 Å². The Morgan fingerprint density at radius 2 is 1.92 bits per heavy atom. The molecule has 1 aromatic heterocycles. The molecule has 0 radical (unpaired) electrons. The maximum absolute atomic E-state index is 13.1. The Hall–Kier alpha value is -2.50. The molecule has 5 nitrogen and oxygen atoms in total. The van der Waals surface area contributed by atoms with E-state index in [1.54, 1.807) is 43.3 Å². The predicted molar refractivity (Wildman–Crippen MR) is 101 cm³/mol. The molecule has 0 bridgehead atoms. The van der Waals surface area contributed by atoms with Crippen LogP contribution in [-0.4, -0.2) is 28.7 Å². The van der Waals surface area contributed by atoms with Crippen LogP contribution in [0.15, 0.2) is 36.4 Å². The lowest BCUT2D eigenvalue weighted by Crippen LogP contribution is -2.14. The first kappa shape index (κ1) is 18.3. The Kier molecular flexibility index (Phi) is 4.94. The molecule has 0 aliphatic rings. The first-order valence-corrected chi connectivity index (χ1v) is 8.49. The minimum Gasteiger partial charge on any atom is -0.497 e. The van der Waals surface area contributed by atoms with Crippen molar-refractivity contribution in [3.05, 3.63) is 63.3 Å². The minimum absolute atomic E-state index is 0.161. The smallest absolute Gasteiger partial charge is 0.307 e. The summed E-state index contributed by atoms with van der Waals surface area (Å²) in [4.78, 5) is 24.5. The molecule has 0 aliphatic heterocycles. The molecule has 0 saturated carbocycles. The molecule has 3 rings (SSSR count). The Balaban J connectivity index is 2.28. The van der Waals surface area contributed by atoms with Gasteiger partial charge in [0.2, 0.25) is 0 Å². The lowest BCUT2D eigenvalue weighted by atomic mass is 10.1. The summed E-state index contributed by atoms with van der Waals surface area (Å²) in [5.74, 6) is -0.778. The summed E-state index contributed by atoms with van der Waals surface area (Å²) < 4.78 is 6.69. The van der Waals surface area contributed by atoms with E-state index in [9.17, 15) is 14.7 Å². The van der Waals surface area contributed by atoms with Crippen LogP contribution in [0, 0.1) is 6.92 Å². The lowest BCUT2D eigenvalue weighted by Gasteiger charge is -2.10. The Bertz CT molecular complexity index is 1040. The zero-order chi connectivity index (χ0) is 19.0. The van der Waals surface area contributed by atoms with E-state index in [0.29, 0.717) is 27.9 Å². The molecule has 0 saturated heterocycles. The summed E-state index contributed by atoms with van der Waals surface area (Å²) in [6.07, 6.45) is -0.209. The molecule has 0 unspecified atom stereocenters. The maximum atomic E-state index is 13.1. The predicted octanol–water partition coefficient (Wildman–Crippen LogP) is 4.58. The van der Waals surface area contributed by atoms with Gasteiger partial charge in [0.05, 0.1) is 34.7 Å². The van der Waals surface area contributed by atoms with Gasteiger partial charge >= 0.3 is 5.97 Å². The largest absolute Gasteiger partial charge is 0.497 e. The van der Waals surface area contributed by atoms with Crippen molar-refractivity contribution in [3.8, 4) is 5.75 Å². The van der Waals surface area contributed by atoms with E-state index in [1.807, 2.05) is 0 Å². The number of halogens is 2. The third-order valence-electron chi connectivity index (χ3n) is 4.25. The van der Waals surface area contributed by atoms with Crippen molar-refractivity contribution >= 4 is 46.0 Å². The first-order valence-electron chi connectivity index (χ1n) is 7.73. The fourth-order valence-corrected chi connectivity index (χ4v) is 3.40. The molecule has 0 amide bonds. The van der Waals surface area contributed by atoms with Crippen molar-refractivity contribution in [2.45, 2.75) is 13.3 Å². The van der Waals surface area contributed by atoms with E-state index in [4.69, 9.17) is 27.9 Å². The van der Waals surface area contributed by atoms with Crippen LogP contribution in [0.5, 0.6) is 5.75 Å². The number of carboxylic acid groups (broad SMARTS) is 1. The van der Waals surface area contributed by atoms with Crippen molar-refractivity contribution in [2.24, 2.45) is 0 Å².